The lowest BCUT2D eigenvalue weighted by molar-refractivity contribution is 0.281. The maximum Gasteiger partial charge on any atom is 0.242 e. The topological polar surface area (TPSA) is 105 Å². The van der Waals surface area contributed by atoms with E-state index < -0.39 is 16.6 Å². The van der Waals surface area contributed by atoms with E-state index >= 15 is 0 Å². The van der Waals surface area contributed by atoms with Crippen LogP contribution in [0.2, 0.25) is 10.0 Å². The number of nitrogens with one attached hydrogen (secondary N) is 1. The summed E-state index contributed by atoms with van der Waals surface area (Å²) in [6, 6.07) is 2.62. The standard InChI is InChI=1S/C11H11Cl2N3O4S/c12-8-3-7(5-17)11(13)9(4-8)21(18,19)16-2-1-10-14-6-15-20-10/h3-4,6,16-17H,1-2,5H2. The Morgan fingerprint density at radius 3 is 2.71 bits per heavy atom. The van der Waals surface area contributed by atoms with Gasteiger partial charge in [0.15, 0.2) is 6.33 Å². The number of aromatic nitrogens is 2. The quantitative estimate of drug-likeness (QED) is 0.814. The number of benzene rings is 1. The van der Waals surface area contributed by atoms with Crippen molar-refractivity contribution in [3.8, 4) is 0 Å². The fourth-order valence-electron chi connectivity index (χ4n) is 1.61. The van der Waals surface area contributed by atoms with Crippen molar-refractivity contribution in [1.29, 1.82) is 0 Å². The van der Waals surface area contributed by atoms with Crippen LogP contribution in [0.25, 0.3) is 0 Å². The van der Waals surface area contributed by atoms with Gasteiger partial charge in [-0.2, -0.15) is 4.98 Å². The van der Waals surface area contributed by atoms with Gasteiger partial charge in [-0.3, -0.25) is 0 Å². The first-order valence-corrected chi connectivity index (χ1v) is 8.02. The highest BCUT2D eigenvalue weighted by Crippen LogP contribution is 2.29. The smallest absolute Gasteiger partial charge is 0.242 e. The molecular weight excluding hydrogens is 341 g/mol. The lowest BCUT2D eigenvalue weighted by Gasteiger charge is -2.10. The van der Waals surface area contributed by atoms with Gasteiger partial charge in [-0.1, -0.05) is 28.4 Å². The number of aliphatic hydroxyl groups excluding tert-OH is 1. The van der Waals surface area contributed by atoms with Gasteiger partial charge in [0.05, 0.1) is 11.6 Å². The lowest BCUT2D eigenvalue weighted by Crippen LogP contribution is -2.26. The number of hydrogen-bond acceptors (Lipinski definition) is 6. The van der Waals surface area contributed by atoms with Crippen molar-refractivity contribution in [2.45, 2.75) is 17.9 Å². The summed E-state index contributed by atoms with van der Waals surface area (Å²) in [6.45, 7) is -0.355. The summed E-state index contributed by atoms with van der Waals surface area (Å²) < 4.78 is 31.5. The van der Waals surface area contributed by atoms with E-state index in [1.807, 2.05) is 0 Å². The normalized spacial score (nSPS) is 11.8. The molecule has 0 amide bonds. The molecule has 10 heteroatoms. The van der Waals surface area contributed by atoms with Gasteiger partial charge in [0.2, 0.25) is 15.9 Å². The Bertz CT molecular complexity index is 719. The summed E-state index contributed by atoms with van der Waals surface area (Å²) in [5.41, 5.74) is 0.237. The first kappa shape index (κ1) is 16.2. The minimum atomic E-state index is -3.87. The van der Waals surface area contributed by atoms with Crippen LogP contribution in [0.3, 0.4) is 0 Å². The van der Waals surface area contributed by atoms with Crippen LogP contribution in [-0.4, -0.2) is 30.2 Å². The van der Waals surface area contributed by atoms with Crippen molar-refractivity contribution < 1.29 is 18.0 Å². The molecule has 1 aromatic carbocycles. The molecule has 0 aliphatic rings. The largest absolute Gasteiger partial charge is 0.392 e. The van der Waals surface area contributed by atoms with Crippen molar-refractivity contribution in [2.24, 2.45) is 0 Å². The van der Waals surface area contributed by atoms with Gasteiger partial charge in [0.1, 0.15) is 4.90 Å². The van der Waals surface area contributed by atoms with E-state index in [0.717, 1.165) is 0 Å². The van der Waals surface area contributed by atoms with Crippen molar-refractivity contribution in [3.05, 3.63) is 40.0 Å². The average molecular weight is 352 g/mol. The molecule has 114 valence electrons. The Hall–Kier alpha value is -1.19. The van der Waals surface area contributed by atoms with Gasteiger partial charge in [-0.05, 0) is 17.7 Å². The molecule has 0 aliphatic carbocycles. The maximum absolute atomic E-state index is 12.2. The summed E-state index contributed by atoms with van der Waals surface area (Å²) in [7, 11) is -3.87. The van der Waals surface area contributed by atoms with Gasteiger partial charge >= 0.3 is 0 Å². The Morgan fingerprint density at radius 1 is 1.33 bits per heavy atom. The fraction of sp³-hybridized carbons (Fsp3) is 0.273. The summed E-state index contributed by atoms with van der Waals surface area (Å²) in [5, 5.41) is 12.7. The highest BCUT2D eigenvalue weighted by Gasteiger charge is 2.21. The molecule has 0 unspecified atom stereocenters. The summed E-state index contributed by atoms with van der Waals surface area (Å²) in [5.74, 6) is 0.311. The predicted octanol–water partition coefficient (Wildman–Crippen LogP) is 1.39. The summed E-state index contributed by atoms with van der Waals surface area (Å²) in [6.07, 6.45) is 1.47. The van der Waals surface area contributed by atoms with Crippen LogP contribution in [-0.2, 0) is 23.1 Å². The van der Waals surface area contributed by atoms with Crippen molar-refractivity contribution in [3.63, 3.8) is 0 Å². The average Bonchev–Trinajstić information content (AvgIpc) is 2.93. The number of sulfonamides is 1. The van der Waals surface area contributed by atoms with Crippen molar-refractivity contribution >= 4 is 33.2 Å². The highest BCUT2D eigenvalue weighted by atomic mass is 35.5. The third-order valence-electron chi connectivity index (χ3n) is 2.58. The van der Waals surface area contributed by atoms with Crippen LogP contribution in [0.4, 0.5) is 0 Å². The molecule has 2 aromatic rings. The third kappa shape index (κ3) is 3.92. The second-order valence-corrected chi connectivity index (χ2v) is 6.57. The van der Waals surface area contributed by atoms with E-state index in [1.165, 1.54) is 18.5 Å². The zero-order valence-electron chi connectivity index (χ0n) is 10.6. The molecule has 0 saturated heterocycles. The molecule has 0 bridgehead atoms. The van der Waals surface area contributed by atoms with Crippen LogP contribution in [0, 0.1) is 0 Å². The van der Waals surface area contributed by atoms with Gasteiger partial charge < -0.3 is 9.63 Å². The molecule has 21 heavy (non-hydrogen) atoms. The SMILES string of the molecule is O=S(=O)(NCCc1ncno1)c1cc(Cl)cc(CO)c1Cl. The summed E-state index contributed by atoms with van der Waals surface area (Å²) in [4.78, 5) is 3.59. The third-order valence-corrected chi connectivity index (χ3v) is 4.84. The first-order valence-electron chi connectivity index (χ1n) is 5.78. The molecule has 1 aromatic heterocycles. The zero-order chi connectivity index (χ0) is 15.5. The molecule has 0 radical (unpaired) electrons. The van der Waals surface area contributed by atoms with Crippen LogP contribution < -0.4 is 4.72 Å². The molecule has 0 spiro atoms. The maximum atomic E-state index is 12.2. The van der Waals surface area contributed by atoms with E-state index in [9.17, 15) is 8.42 Å². The van der Waals surface area contributed by atoms with Crippen molar-refractivity contribution in [2.75, 3.05) is 6.54 Å². The molecule has 0 fully saturated rings. The molecular formula is C11H11Cl2N3O4S. The van der Waals surface area contributed by atoms with E-state index in [1.54, 1.807) is 0 Å². The van der Waals surface area contributed by atoms with Gasteiger partial charge in [0, 0.05) is 18.0 Å². The molecule has 2 rings (SSSR count). The van der Waals surface area contributed by atoms with Crippen LogP contribution in [0.1, 0.15) is 11.5 Å². The minimum absolute atomic E-state index is 0.0574. The predicted molar refractivity (Wildman–Crippen MR) is 75.6 cm³/mol. The molecule has 0 saturated carbocycles. The number of aliphatic hydroxyl groups is 1. The van der Waals surface area contributed by atoms with Crippen LogP contribution in [0.15, 0.2) is 27.9 Å². The summed E-state index contributed by atoms with van der Waals surface area (Å²) >= 11 is 11.8. The zero-order valence-corrected chi connectivity index (χ0v) is 12.9. The van der Waals surface area contributed by atoms with Gasteiger partial charge in [0.25, 0.3) is 0 Å². The van der Waals surface area contributed by atoms with Gasteiger partial charge in [-0.25, -0.2) is 13.1 Å². The Labute approximate surface area is 130 Å². The van der Waals surface area contributed by atoms with E-state index in [4.69, 9.17) is 32.8 Å². The molecule has 7 nitrogen and oxygen atoms in total. The minimum Gasteiger partial charge on any atom is -0.392 e. The molecule has 0 atom stereocenters. The lowest BCUT2D eigenvalue weighted by atomic mass is 10.2. The molecule has 0 aliphatic heterocycles. The second-order valence-electron chi connectivity index (χ2n) is 4.02. The molecule has 1 heterocycles. The first-order chi connectivity index (χ1) is 9.94. The van der Waals surface area contributed by atoms with Gasteiger partial charge in [-0.15, -0.1) is 0 Å². The van der Waals surface area contributed by atoms with E-state index in [0.29, 0.717) is 5.89 Å². The van der Waals surface area contributed by atoms with Crippen LogP contribution in [0.5, 0.6) is 0 Å². The van der Waals surface area contributed by atoms with Crippen LogP contribution >= 0.6 is 23.2 Å². The Balaban J connectivity index is 2.17. The number of nitrogens with zero attached hydrogens (tertiary/aromatic N) is 2. The Morgan fingerprint density at radius 2 is 2.10 bits per heavy atom. The fourth-order valence-corrected chi connectivity index (χ4v) is 3.56. The number of halogens is 2. The molecule has 2 N–H and O–H groups in total. The second kappa shape index (κ2) is 6.71. The van der Waals surface area contributed by atoms with Crippen molar-refractivity contribution in [1.82, 2.24) is 14.9 Å². The monoisotopic (exact) mass is 351 g/mol. The number of rotatable bonds is 6. The van der Waals surface area contributed by atoms with E-state index in [2.05, 4.69) is 14.9 Å². The Kier molecular flexibility index (Phi) is 5.17. The van der Waals surface area contributed by atoms with E-state index in [-0.39, 0.29) is 33.5 Å². The number of hydrogen-bond donors (Lipinski definition) is 2. The highest BCUT2D eigenvalue weighted by molar-refractivity contribution is 7.89.